The van der Waals surface area contributed by atoms with Gasteiger partial charge in [-0.25, -0.2) is 4.98 Å². The number of pyridine rings is 4. The predicted octanol–water partition coefficient (Wildman–Crippen LogP) is 9.91. The van der Waals surface area contributed by atoms with E-state index < -0.39 is 0 Å². The van der Waals surface area contributed by atoms with Gasteiger partial charge in [0.15, 0.2) is 0 Å². The lowest BCUT2D eigenvalue weighted by atomic mass is 9.95. The van der Waals surface area contributed by atoms with E-state index in [1.165, 1.54) is 10.8 Å². The Hall–Kier alpha value is -6.00. The highest BCUT2D eigenvalue weighted by atomic mass is 14.7. The van der Waals surface area contributed by atoms with Crippen molar-refractivity contribution >= 4 is 21.7 Å². The fourth-order valence-corrected chi connectivity index (χ4v) is 5.83. The first kappa shape index (κ1) is 25.7. The Morgan fingerprint density at radius 2 is 0.909 bits per heavy atom. The molecule has 0 spiro atoms. The zero-order valence-corrected chi connectivity index (χ0v) is 23.8. The highest BCUT2D eigenvalue weighted by Gasteiger charge is 2.11. The number of rotatable bonds is 5. The van der Waals surface area contributed by atoms with Crippen molar-refractivity contribution in [2.75, 3.05) is 0 Å². The average molecular weight is 563 g/mol. The molecule has 8 aromatic rings. The third kappa shape index (κ3) is 4.89. The first-order valence-corrected chi connectivity index (χ1v) is 14.6. The van der Waals surface area contributed by atoms with E-state index in [1.807, 2.05) is 30.5 Å². The summed E-state index contributed by atoms with van der Waals surface area (Å²) in [5.74, 6) is 0. The maximum atomic E-state index is 5.00. The summed E-state index contributed by atoms with van der Waals surface area (Å²) >= 11 is 0. The summed E-state index contributed by atoms with van der Waals surface area (Å²) in [6.45, 7) is 0. The van der Waals surface area contributed by atoms with Crippen LogP contribution in [0.5, 0.6) is 0 Å². The summed E-state index contributed by atoms with van der Waals surface area (Å²) in [4.78, 5) is 18.2. The van der Waals surface area contributed by atoms with E-state index in [0.717, 1.165) is 66.8 Å². The second-order valence-electron chi connectivity index (χ2n) is 10.8. The summed E-state index contributed by atoms with van der Waals surface area (Å²) in [6, 6.07) is 44.7. The molecule has 0 radical (unpaired) electrons. The summed E-state index contributed by atoms with van der Waals surface area (Å²) in [5.41, 5.74) is 11.7. The molecule has 4 aromatic carbocycles. The van der Waals surface area contributed by atoms with E-state index in [9.17, 15) is 0 Å². The molecule has 8 rings (SSSR count). The van der Waals surface area contributed by atoms with E-state index in [2.05, 4.69) is 113 Å². The Balaban J connectivity index is 1.19. The molecule has 0 amide bonds. The Labute approximate surface area is 255 Å². The molecule has 0 saturated carbocycles. The van der Waals surface area contributed by atoms with Gasteiger partial charge in [0.1, 0.15) is 0 Å². The number of fused-ring (bicyclic) bond motifs is 3. The van der Waals surface area contributed by atoms with Crippen molar-refractivity contribution in [1.82, 2.24) is 19.9 Å². The summed E-state index contributed by atoms with van der Waals surface area (Å²) in [7, 11) is 0. The molecule has 0 N–H and O–H groups in total. The molecule has 0 saturated heterocycles. The lowest BCUT2D eigenvalue weighted by Crippen LogP contribution is -1.92. The van der Waals surface area contributed by atoms with Crippen molar-refractivity contribution in [3.05, 3.63) is 158 Å². The minimum atomic E-state index is 0.904. The largest absolute Gasteiger partial charge is 0.265 e. The van der Waals surface area contributed by atoms with Gasteiger partial charge in [-0.15, -0.1) is 0 Å². The molecule has 0 bridgehead atoms. The Morgan fingerprint density at radius 3 is 1.52 bits per heavy atom. The van der Waals surface area contributed by atoms with Crippen LogP contribution < -0.4 is 0 Å². The van der Waals surface area contributed by atoms with E-state index in [-0.39, 0.29) is 0 Å². The van der Waals surface area contributed by atoms with Crippen LogP contribution in [0.25, 0.3) is 77.6 Å². The van der Waals surface area contributed by atoms with Gasteiger partial charge >= 0.3 is 0 Å². The maximum absolute atomic E-state index is 5.00. The van der Waals surface area contributed by atoms with Crippen LogP contribution in [0.1, 0.15) is 0 Å². The molecule has 4 nitrogen and oxygen atoms in total. The Morgan fingerprint density at radius 1 is 0.364 bits per heavy atom. The van der Waals surface area contributed by atoms with Gasteiger partial charge in [-0.05, 0) is 93.4 Å². The molecule has 0 aliphatic rings. The molecule has 0 aliphatic carbocycles. The highest BCUT2D eigenvalue weighted by molar-refractivity contribution is 6.06. The molecule has 4 heterocycles. The lowest BCUT2D eigenvalue weighted by molar-refractivity contribution is 1.27. The number of hydrogen-bond acceptors (Lipinski definition) is 4. The second kappa shape index (κ2) is 11.0. The highest BCUT2D eigenvalue weighted by Crippen LogP contribution is 2.34. The topological polar surface area (TPSA) is 51.6 Å². The minimum absolute atomic E-state index is 0.904. The molecule has 4 heteroatoms. The predicted molar refractivity (Wildman–Crippen MR) is 180 cm³/mol. The quantitative estimate of drug-likeness (QED) is 0.196. The van der Waals surface area contributed by atoms with Crippen LogP contribution in [0.4, 0.5) is 0 Å². The zero-order valence-electron chi connectivity index (χ0n) is 23.8. The van der Waals surface area contributed by atoms with Crippen molar-refractivity contribution in [2.24, 2.45) is 0 Å². The molecular weight excluding hydrogens is 536 g/mol. The smallest absolute Gasteiger partial charge is 0.0716 e. The minimum Gasteiger partial charge on any atom is -0.265 e. The van der Waals surface area contributed by atoms with E-state index in [4.69, 9.17) is 9.97 Å². The fraction of sp³-hybridized carbons (Fsp3) is 0. The fourth-order valence-electron chi connectivity index (χ4n) is 5.83. The SMILES string of the molecule is c1cc(-c2cccc(-c3ccc4c(c3)ncc3ccccc34)c2)cc(-c2cc(-c3ccncc3)nc(-c3ccncc3)c2)c1. The van der Waals surface area contributed by atoms with Crippen molar-refractivity contribution in [2.45, 2.75) is 0 Å². The van der Waals surface area contributed by atoms with Crippen molar-refractivity contribution < 1.29 is 0 Å². The van der Waals surface area contributed by atoms with Crippen molar-refractivity contribution in [3.8, 4) is 55.9 Å². The van der Waals surface area contributed by atoms with Gasteiger partial charge in [-0.1, -0.05) is 72.8 Å². The van der Waals surface area contributed by atoms with E-state index in [1.54, 1.807) is 24.8 Å². The van der Waals surface area contributed by atoms with Gasteiger partial charge in [-0.2, -0.15) is 0 Å². The molecule has 4 aromatic heterocycles. The third-order valence-electron chi connectivity index (χ3n) is 8.09. The Bertz CT molecular complexity index is 2220. The third-order valence-corrected chi connectivity index (χ3v) is 8.09. The van der Waals surface area contributed by atoms with Crippen molar-refractivity contribution in [1.29, 1.82) is 0 Å². The summed E-state index contributed by atoms with van der Waals surface area (Å²) in [6.07, 6.45) is 9.17. The lowest BCUT2D eigenvalue weighted by Gasteiger charge is -2.12. The first-order chi connectivity index (χ1) is 21.8. The molecule has 0 unspecified atom stereocenters. The second-order valence-corrected chi connectivity index (χ2v) is 10.8. The van der Waals surface area contributed by atoms with Crippen LogP contribution in [0.3, 0.4) is 0 Å². The number of benzene rings is 4. The first-order valence-electron chi connectivity index (χ1n) is 14.6. The van der Waals surface area contributed by atoms with E-state index >= 15 is 0 Å². The molecule has 44 heavy (non-hydrogen) atoms. The normalized spacial score (nSPS) is 11.2. The van der Waals surface area contributed by atoms with Gasteiger partial charge < -0.3 is 0 Å². The van der Waals surface area contributed by atoms with Gasteiger partial charge in [0.2, 0.25) is 0 Å². The maximum Gasteiger partial charge on any atom is 0.0716 e. The monoisotopic (exact) mass is 562 g/mol. The summed E-state index contributed by atoms with van der Waals surface area (Å²) in [5, 5.41) is 3.56. The molecule has 0 aliphatic heterocycles. The number of nitrogens with zero attached hydrogens (tertiary/aromatic N) is 4. The van der Waals surface area contributed by atoms with Crippen LogP contribution in [-0.2, 0) is 0 Å². The number of hydrogen-bond donors (Lipinski definition) is 0. The van der Waals surface area contributed by atoms with Crippen LogP contribution >= 0.6 is 0 Å². The molecule has 206 valence electrons. The van der Waals surface area contributed by atoms with Crippen LogP contribution in [0.15, 0.2) is 158 Å². The standard InChI is InChI=1S/C40H26N4/c1-2-10-36-34(5-1)26-43-40-23-33(11-12-37(36)40)31-8-3-6-29(21-31)30-7-4-9-32(22-30)35-24-38(27-13-17-41-18-14-27)44-39(25-35)28-15-19-42-20-16-28/h1-26H. The van der Waals surface area contributed by atoms with Crippen LogP contribution in [-0.4, -0.2) is 19.9 Å². The van der Waals surface area contributed by atoms with Crippen LogP contribution in [0.2, 0.25) is 0 Å². The van der Waals surface area contributed by atoms with Gasteiger partial charge in [0.25, 0.3) is 0 Å². The Kier molecular flexibility index (Phi) is 6.43. The summed E-state index contributed by atoms with van der Waals surface area (Å²) < 4.78 is 0. The number of aromatic nitrogens is 4. The van der Waals surface area contributed by atoms with Crippen molar-refractivity contribution in [3.63, 3.8) is 0 Å². The van der Waals surface area contributed by atoms with Gasteiger partial charge in [-0.3, -0.25) is 15.0 Å². The molecule has 0 atom stereocenters. The molecule has 0 fully saturated rings. The van der Waals surface area contributed by atoms with Gasteiger partial charge in [0.05, 0.1) is 16.9 Å². The van der Waals surface area contributed by atoms with Gasteiger partial charge in [0, 0.05) is 52.9 Å². The average Bonchev–Trinajstić information content (AvgIpc) is 3.12. The van der Waals surface area contributed by atoms with Crippen LogP contribution in [0, 0.1) is 0 Å². The zero-order chi connectivity index (χ0) is 29.3. The van der Waals surface area contributed by atoms with E-state index in [0.29, 0.717) is 0 Å². The molecular formula is C40H26N4.